The van der Waals surface area contributed by atoms with Gasteiger partial charge in [0.25, 0.3) is 0 Å². The minimum absolute atomic E-state index is 0.295. The molecule has 96 valence electrons. The first-order valence-electron chi connectivity index (χ1n) is 6.24. The van der Waals surface area contributed by atoms with Gasteiger partial charge in [0, 0.05) is 24.5 Å². The molecule has 0 aliphatic carbocycles. The molecule has 4 nitrogen and oxygen atoms in total. The molecule has 1 unspecified atom stereocenters. The summed E-state index contributed by atoms with van der Waals surface area (Å²) in [6, 6.07) is 10.5. The second-order valence-corrected chi connectivity index (χ2v) is 4.19. The number of benzene rings is 1. The quantitative estimate of drug-likeness (QED) is 0.822. The van der Waals surface area contributed by atoms with E-state index < -0.39 is 0 Å². The first-order chi connectivity index (χ1) is 8.79. The Labute approximate surface area is 107 Å². The first-order valence-corrected chi connectivity index (χ1v) is 6.24. The Morgan fingerprint density at radius 2 is 2.06 bits per heavy atom. The molecule has 4 heteroatoms. The van der Waals surface area contributed by atoms with Gasteiger partial charge in [0.1, 0.15) is 5.75 Å². The lowest BCUT2D eigenvalue weighted by atomic mass is 10.1. The van der Waals surface area contributed by atoms with Crippen molar-refractivity contribution in [1.29, 1.82) is 0 Å². The summed E-state index contributed by atoms with van der Waals surface area (Å²) < 4.78 is 5.43. The van der Waals surface area contributed by atoms with E-state index in [4.69, 9.17) is 4.74 Å². The molecule has 0 saturated carbocycles. The topological polar surface area (TPSA) is 49.9 Å². The summed E-state index contributed by atoms with van der Waals surface area (Å²) in [5, 5.41) is 10.3. The summed E-state index contributed by atoms with van der Waals surface area (Å²) in [5.41, 5.74) is 2.34. The van der Waals surface area contributed by atoms with Crippen molar-refractivity contribution in [1.82, 2.24) is 15.5 Å². The number of aromatic amines is 1. The SMILES string of the molecule is CCOc1ccc(C(C)NCc2ccn[nH]2)cc1. The molecule has 0 fully saturated rings. The molecule has 2 rings (SSSR count). The van der Waals surface area contributed by atoms with Crippen LogP contribution in [0, 0.1) is 0 Å². The number of hydrogen-bond donors (Lipinski definition) is 2. The minimum Gasteiger partial charge on any atom is -0.494 e. The average molecular weight is 245 g/mol. The molecule has 0 bridgehead atoms. The van der Waals surface area contributed by atoms with Gasteiger partial charge in [-0.2, -0.15) is 5.10 Å². The predicted molar refractivity (Wildman–Crippen MR) is 71.5 cm³/mol. The van der Waals surface area contributed by atoms with Crippen molar-refractivity contribution in [2.24, 2.45) is 0 Å². The van der Waals surface area contributed by atoms with Crippen molar-refractivity contribution in [3.8, 4) is 5.75 Å². The number of nitrogens with one attached hydrogen (secondary N) is 2. The van der Waals surface area contributed by atoms with Crippen molar-refractivity contribution in [3.63, 3.8) is 0 Å². The molecule has 0 radical (unpaired) electrons. The van der Waals surface area contributed by atoms with Gasteiger partial charge in [-0.25, -0.2) is 0 Å². The Bertz CT molecular complexity index is 450. The van der Waals surface area contributed by atoms with Gasteiger partial charge < -0.3 is 10.1 Å². The van der Waals surface area contributed by atoms with Gasteiger partial charge >= 0.3 is 0 Å². The van der Waals surface area contributed by atoms with Crippen LogP contribution in [0.15, 0.2) is 36.5 Å². The summed E-state index contributed by atoms with van der Waals surface area (Å²) in [6.45, 7) is 5.62. The van der Waals surface area contributed by atoms with Gasteiger partial charge in [0.2, 0.25) is 0 Å². The fourth-order valence-corrected chi connectivity index (χ4v) is 1.78. The molecular weight excluding hydrogens is 226 g/mol. The second kappa shape index (κ2) is 6.21. The van der Waals surface area contributed by atoms with Gasteiger partial charge in [-0.15, -0.1) is 0 Å². The van der Waals surface area contributed by atoms with E-state index in [9.17, 15) is 0 Å². The monoisotopic (exact) mass is 245 g/mol. The third-order valence-electron chi connectivity index (χ3n) is 2.85. The number of hydrogen-bond acceptors (Lipinski definition) is 3. The van der Waals surface area contributed by atoms with Gasteiger partial charge in [-0.3, -0.25) is 5.10 Å². The van der Waals surface area contributed by atoms with Crippen LogP contribution in [0.1, 0.15) is 31.1 Å². The number of rotatable bonds is 6. The zero-order chi connectivity index (χ0) is 12.8. The molecule has 1 atom stereocenters. The lowest BCUT2D eigenvalue weighted by molar-refractivity contribution is 0.340. The van der Waals surface area contributed by atoms with Crippen molar-refractivity contribution >= 4 is 0 Å². The van der Waals surface area contributed by atoms with Crippen LogP contribution in [0.3, 0.4) is 0 Å². The zero-order valence-electron chi connectivity index (χ0n) is 10.8. The van der Waals surface area contributed by atoms with Gasteiger partial charge in [0.05, 0.1) is 6.61 Å². The Kier molecular flexibility index (Phi) is 4.36. The summed E-state index contributed by atoms with van der Waals surface area (Å²) in [5.74, 6) is 0.919. The molecule has 1 heterocycles. The fourth-order valence-electron chi connectivity index (χ4n) is 1.78. The molecule has 1 aromatic heterocycles. The lowest BCUT2D eigenvalue weighted by Crippen LogP contribution is -2.18. The maximum absolute atomic E-state index is 5.43. The van der Waals surface area contributed by atoms with E-state index in [0.717, 1.165) is 18.0 Å². The largest absolute Gasteiger partial charge is 0.494 e. The van der Waals surface area contributed by atoms with Gasteiger partial charge in [-0.05, 0) is 37.6 Å². The molecule has 2 N–H and O–H groups in total. The summed E-state index contributed by atoms with van der Waals surface area (Å²) in [7, 11) is 0. The summed E-state index contributed by atoms with van der Waals surface area (Å²) >= 11 is 0. The van der Waals surface area contributed by atoms with E-state index in [1.807, 2.05) is 25.1 Å². The molecule has 0 aliphatic heterocycles. The highest BCUT2D eigenvalue weighted by Crippen LogP contribution is 2.17. The number of aromatic nitrogens is 2. The van der Waals surface area contributed by atoms with Crippen molar-refractivity contribution < 1.29 is 4.74 Å². The highest BCUT2D eigenvalue weighted by atomic mass is 16.5. The average Bonchev–Trinajstić information content (AvgIpc) is 2.90. The summed E-state index contributed by atoms with van der Waals surface area (Å²) in [6.07, 6.45) is 1.76. The number of ether oxygens (including phenoxy) is 1. The molecule has 2 aromatic rings. The first kappa shape index (κ1) is 12.6. The van der Waals surface area contributed by atoms with Crippen molar-refractivity contribution in [3.05, 3.63) is 47.8 Å². The Morgan fingerprint density at radius 1 is 1.28 bits per heavy atom. The molecule has 0 spiro atoms. The molecular formula is C14H19N3O. The maximum Gasteiger partial charge on any atom is 0.119 e. The Morgan fingerprint density at radius 3 is 2.67 bits per heavy atom. The third-order valence-corrected chi connectivity index (χ3v) is 2.85. The number of nitrogens with zero attached hydrogens (tertiary/aromatic N) is 1. The molecule has 1 aromatic carbocycles. The van der Waals surface area contributed by atoms with Crippen LogP contribution in [0.4, 0.5) is 0 Å². The molecule has 0 aliphatic rings. The van der Waals surface area contributed by atoms with Crippen LogP contribution < -0.4 is 10.1 Å². The Balaban J connectivity index is 1.89. The van der Waals surface area contributed by atoms with E-state index in [0.29, 0.717) is 12.6 Å². The minimum atomic E-state index is 0.295. The van der Waals surface area contributed by atoms with Crippen LogP contribution in [0.5, 0.6) is 5.75 Å². The smallest absolute Gasteiger partial charge is 0.119 e. The zero-order valence-corrected chi connectivity index (χ0v) is 10.8. The van der Waals surface area contributed by atoms with Crippen molar-refractivity contribution in [2.45, 2.75) is 26.4 Å². The standard InChI is InChI=1S/C14H19N3O/c1-3-18-14-6-4-12(5-7-14)11(2)15-10-13-8-9-16-17-13/h4-9,11,15H,3,10H2,1-2H3,(H,16,17). The lowest BCUT2D eigenvalue weighted by Gasteiger charge is -2.14. The van der Waals surface area contributed by atoms with E-state index in [1.165, 1.54) is 5.56 Å². The fraction of sp³-hybridized carbons (Fsp3) is 0.357. The van der Waals surface area contributed by atoms with Crippen LogP contribution in [-0.2, 0) is 6.54 Å². The number of H-pyrrole nitrogens is 1. The van der Waals surface area contributed by atoms with E-state index in [1.54, 1.807) is 6.20 Å². The third kappa shape index (κ3) is 3.34. The molecule has 0 amide bonds. The van der Waals surface area contributed by atoms with Crippen LogP contribution in [-0.4, -0.2) is 16.8 Å². The normalized spacial score (nSPS) is 12.3. The van der Waals surface area contributed by atoms with Crippen LogP contribution in [0.25, 0.3) is 0 Å². The van der Waals surface area contributed by atoms with Gasteiger partial charge in [0.15, 0.2) is 0 Å². The highest BCUT2D eigenvalue weighted by molar-refractivity contribution is 5.28. The molecule has 18 heavy (non-hydrogen) atoms. The second-order valence-electron chi connectivity index (χ2n) is 4.19. The van der Waals surface area contributed by atoms with Crippen LogP contribution in [0.2, 0.25) is 0 Å². The predicted octanol–water partition coefficient (Wildman–Crippen LogP) is 2.66. The van der Waals surface area contributed by atoms with Crippen molar-refractivity contribution in [2.75, 3.05) is 6.61 Å². The van der Waals surface area contributed by atoms with E-state index in [2.05, 4.69) is 34.6 Å². The Hall–Kier alpha value is -1.81. The van der Waals surface area contributed by atoms with Crippen LogP contribution >= 0.6 is 0 Å². The summed E-state index contributed by atoms with van der Waals surface area (Å²) in [4.78, 5) is 0. The molecule has 0 saturated heterocycles. The van der Waals surface area contributed by atoms with Gasteiger partial charge in [-0.1, -0.05) is 12.1 Å². The maximum atomic E-state index is 5.43. The van der Waals surface area contributed by atoms with E-state index >= 15 is 0 Å². The van der Waals surface area contributed by atoms with E-state index in [-0.39, 0.29) is 0 Å². The highest BCUT2D eigenvalue weighted by Gasteiger charge is 2.05.